The van der Waals surface area contributed by atoms with Crippen LogP contribution in [-0.2, 0) is 23.0 Å². The molecule has 0 saturated carbocycles. The molecule has 3 heterocycles. The summed E-state index contributed by atoms with van der Waals surface area (Å²) >= 11 is 0. The summed E-state index contributed by atoms with van der Waals surface area (Å²) in [6.45, 7) is 0.675. The number of carbonyl (C=O) groups excluding carboxylic acids is 1. The predicted molar refractivity (Wildman–Crippen MR) is 89.4 cm³/mol. The molecule has 1 fully saturated rings. The number of Topliss-reactive ketones (excluding diaryl/α,β-unsaturated/α-hetero) is 1. The van der Waals surface area contributed by atoms with Gasteiger partial charge < -0.3 is 4.74 Å². The average molecular weight is 322 g/mol. The Balaban J connectivity index is 1.62. The summed E-state index contributed by atoms with van der Waals surface area (Å²) < 4.78 is 7.22. The highest BCUT2D eigenvalue weighted by atomic mass is 16.5. The third kappa shape index (κ3) is 2.92. The maximum absolute atomic E-state index is 12.2. The van der Waals surface area contributed by atoms with E-state index in [-0.39, 0.29) is 18.3 Å². The molecular formula is C18H18N4O2. The first-order chi connectivity index (χ1) is 11.7. The molecule has 0 radical (unpaired) electrons. The molecule has 2 aromatic heterocycles. The summed E-state index contributed by atoms with van der Waals surface area (Å²) in [6.07, 6.45) is 5.56. The third-order valence-corrected chi connectivity index (χ3v) is 4.32. The quantitative estimate of drug-likeness (QED) is 0.737. The lowest BCUT2D eigenvalue weighted by Gasteiger charge is -2.08. The van der Waals surface area contributed by atoms with Crippen molar-refractivity contribution in [2.75, 3.05) is 6.61 Å². The van der Waals surface area contributed by atoms with E-state index in [0.29, 0.717) is 12.3 Å². The van der Waals surface area contributed by atoms with E-state index in [9.17, 15) is 4.79 Å². The summed E-state index contributed by atoms with van der Waals surface area (Å²) in [7, 11) is 1.89. The molecule has 1 aliphatic rings. The number of benzene rings is 1. The number of nitrogens with zero attached hydrogens (tertiary/aromatic N) is 4. The van der Waals surface area contributed by atoms with E-state index in [1.54, 1.807) is 4.68 Å². The fraction of sp³-hybridized carbons (Fsp3) is 0.333. The number of ketones is 1. The van der Waals surface area contributed by atoms with Crippen LogP contribution in [0, 0.1) is 0 Å². The first kappa shape index (κ1) is 15.0. The summed E-state index contributed by atoms with van der Waals surface area (Å²) in [5, 5.41) is 13.6. The van der Waals surface area contributed by atoms with Gasteiger partial charge in [0.15, 0.2) is 5.78 Å². The van der Waals surface area contributed by atoms with E-state index in [0.717, 1.165) is 34.9 Å². The zero-order valence-corrected chi connectivity index (χ0v) is 13.5. The van der Waals surface area contributed by atoms with Crippen LogP contribution >= 0.6 is 0 Å². The van der Waals surface area contributed by atoms with Crippen molar-refractivity contribution in [2.24, 2.45) is 7.05 Å². The molecule has 1 aromatic carbocycles. The highest BCUT2D eigenvalue weighted by molar-refractivity contribution is 5.87. The third-order valence-electron chi connectivity index (χ3n) is 4.32. The summed E-state index contributed by atoms with van der Waals surface area (Å²) in [6, 6.07) is 7.94. The van der Waals surface area contributed by atoms with E-state index in [4.69, 9.17) is 4.74 Å². The molecule has 0 bridgehead atoms. The fourth-order valence-electron chi connectivity index (χ4n) is 3.05. The van der Waals surface area contributed by atoms with Gasteiger partial charge in [0.2, 0.25) is 0 Å². The molecule has 0 aliphatic carbocycles. The standard InChI is InChI=1S/C18H18N4O2/c1-22-11-14(10-19-22)12-4-5-16-13(7-12)8-15(20-21-16)9-17(23)18-3-2-6-24-18/h4-5,7-8,10-11,18H,2-3,6,9H2,1H3/t18-/m0/s1. The number of aromatic nitrogens is 4. The van der Waals surface area contributed by atoms with E-state index in [1.165, 1.54) is 0 Å². The predicted octanol–water partition coefficient (Wildman–Crippen LogP) is 2.32. The Morgan fingerprint density at radius 3 is 2.96 bits per heavy atom. The monoisotopic (exact) mass is 322 g/mol. The number of ether oxygens (including phenoxy) is 1. The van der Waals surface area contributed by atoms with Gasteiger partial charge in [0.05, 0.1) is 23.8 Å². The van der Waals surface area contributed by atoms with Gasteiger partial charge in [0.1, 0.15) is 6.10 Å². The van der Waals surface area contributed by atoms with Crippen molar-refractivity contribution >= 4 is 16.7 Å². The normalized spacial score (nSPS) is 17.5. The van der Waals surface area contributed by atoms with Crippen molar-refractivity contribution in [3.8, 4) is 11.1 Å². The molecule has 6 heteroatoms. The van der Waals surface area contributed by atoms with Crippen LogP contribution in [0.2, 0.25) is 0 Å². The largest absolute Gasteiger partial charge is 0.370 e. The molecule has 6 nitrogen and oxygen atoms in total. The number of hydrogen-bond acceptors (Lipinski definition) is 5. The second kappa shape index (κ2) is 6.13. The molecular weight excluding hydrogens is 304 g/mol. The molecule has 0 spiro atoms. The highest BCUT2D eigenvalue weighted by Gasteiger charge is 2.24. The van der Waals surface area contributed by atoms with Crippen molar-refractivity contribution in [3.05, 3.63) is 42.4 Å². The SMILES string of the molecule is Cn1cc(-c2ccc3nnc(CC(=O)[C@@H]4CCCO4)cc3c2)cn1. The molecule has 24 heavy (non-hydrogen) atoms. The molecule has 3 aromatic rings. The van der Waals surface area contributed by atoms with Crippen molar-refractivity contribution in [1.82, 2.24) is 20.0 Å². The van der Waals surface area contributed by atoms with Crippen molar-refractivity contribution in [2.45, 2.75) is 25.4 Å². The fourth-order valence-corrected chi connectivity index (χ4v) is 3.05. The van der Waals surface area contributed by atoms with E-state index in [2.05, 4.69) is 21.4 Å². The molecule has 0 unspecified atom stereocenters. The second-order valence-electron chi connectivity index (χ2n) is 6.16. The zero-order valence-electron chi connectivity index (χ0n) is 13.5. The summed E-state index contributed by atoms with van der Waals surface area (Å²) in [5.41, 5.74) is 3.62. The number of fused-ring (bicyclic) bond motifs is 1. The van der Waals surface area contributed by atoms with Crippen LogP contribution in [0.15, 0.2) is 36.7 Å². The van der Waals surface area contributed by atoms with Gasteiger partial charge in [-0.3, -0.25) is 9.48 Å². The Morgan fingerprint density at radius 1 is 1.29 bits per heavy atom. The van der Waals surface area contributed by atoms with Gasteiger partial charge in [0, 0.05) is 30.8 Å². The Hall–Kier alpha value is -2.60. The van der Waals surface area contributed by atoms with Gasteiger partial charge in [-0.2, -0.15) is 15.3 Å². The first-order valence-electron chi connectivity index (χ1n) is 8.09. The van der Waals surface area contributed by atoms with Gasteiger partial charge in [0.25, 0.3) is 0 Å². The van der Waals surface area contributed by atoms with Crippen LogP contribution in [0.4, 0.5) is 0 Å². The van der Waals surface area contributed by atoms with Crippen LogP contribution in [0.3, 0.4) is 0 Å². The van der Waals surface area contributed by atoms with E-state index < -0.39 is 0 Å². The minimum Gasteiger partial charge on any atom is -0.370 e. The minimum atomic E-state index is -0.274. The van der Waals surface area contributed by atoms with Crippen LogP contribution in [-0.4, -0.2) is 38.5 Å². The van der Waals surface area contributed by atoms with Gasteiger partial charge in [-0.25, -0.2) is 0 Å². The van der Waals surface area contributed by atoms with Crippen molar-refractivity contribution in [3.63, 3.8) is 0 Å². The molecule has 1 saturated heterocycles. The number of rotatable bonds is 4. The lowest BCUT2D eigenvalue weighted by molar-refractivity contribution is -0.127. The Morgan fingerprint density at radius 2 is 2.21 bits per heavy atom. The number of hydrogen-bond donors (Lipinski definition) is 0. The molecule has 1 aliphatic heterocycles. The molecule has 0 amide bonds. The lowest BCUT2D eigenvalue weighted by atomic mass is 10.0. The van der Waals surface area contributed by atoms with E-state index in [1.807, 2.05) is 37.6 Å². The lowest BCUT2D eigenvalue weighted by Crippen LogP contribution is -2.21. The Labute approximate surface area is 139 Å². The Bertz CT molecular complexity index is 897. The summed E-state index contributed by atoms with van der Waals surface area (Å²) in [4.78, 5) is 12.2. The minimum absolute atomic E-state index is 0.0876. The summed E-state index contributed by atoms with van der Waals surface area (Å²) in [5.74, 6) is 0.0876. The van der Waals surface area contributed by atoms with Crippen LogP contribution < -0.4 is 0 Å². The maximum Gasteiger partial charge on any atom is 0.167 e. The number of carbonyl (C=O) groups is 1. The zero-order chi connectivity index (χ0) is 16.5. The average Bonchev–Trinajstić information content (AvgIpc) is 3.25. The maximum atomic E-state index is 12.2. The second-order valence-corrected chi connectivity index (χ2v) is 6.16. The van der Waals surface area contributed by atoms with Crippen LogP contribution in [0.25, 0.3) is 22.0 Å². The van der Waals surface area contributed by atoms with E-state index >= 15 is 0 Å². The molecule has 4 rings (SSSR count). The number of aryl methyl sites for hydroxylation is 1. The molecule has 122 valence electrons. The Kier molecular flexibility index (Phi) is 3.82. The highest BCUT2D eigenvalue weighted by Crippen LogP contribution is 2.23. The van der Waals surface area contributed by atoms with Crippen molar-refractivity contribution < 1.29 is 9.53 Å². The van der Waals surface area contributed by atoms with Gasteiger partial charge in [-0.15, -0.1) is 0 Å². The van der Waals surface area contributed by atoms with Crippen LogP contribution in [0.1, 0.15) is 18.5 Å². The smallest absolute Gasteiger partial charge is 0.167 e. The van der Waals surface area contributed by atoms with Crippen LogP contribution in [0.5, 0.6) is 0 Å². The van der Waals surface area contributed by atoms with Gasteiger partial charge in [-0.05, 0) is 36.6 Å². The van der Waals surface area contributed by atoms with Crippen molar-refractivity contribution in [1.29, 1.82) is 0 Å². The van der Waals surface area contributed by atoms with Gasteiger partial charge >= 0.3 is 0 Å². The first-order valence-corrected chi connectivity index (χ1v) is 8.09. The molecule has 1 atom stereocenters. The van der Waals surface area contributed by atoms with Gasteiger partial charge in [-0.1, -0.05) is 6.07 Å². The topological polar surface area (TPSA) is 69.9 Å². The molecule has 0 N–H and O–H groups in total.